The molecule has 0 unspecified atom stereocenters. The Kier molecular flexibility index (Phi) is 7.48. The van der Waals surface area contributed by atoms with Crippen molar-refractivity contribution in [1.82, 2.24) is 14.7 Å². The molecule has 1 aromatic heterocycles. The molecule has 7 heteroatoms. The van der Waals surface area contributed by atoms with Gasteiger partial charge in [0.25, 0.3) is 0 Å². The van der Waals surface area contributed by atoms with Gasteiger partial charge in [-0.3, -0.25) is 9.48 Å². The molecule has 0 bridgehead atoms. The lowest BCUT2D eigenvalue weighted by molar-refractivity contribution is -0.113. The lowest BCUT2D eigenvalue weighted by Gasteiger charge is -2.17. The van der Waals surface area contributed by atoms with Crippen LogP contribution in [-0.4, -0.2) is 51.7 Å². The van der Waals surface area contributed by atoms with E-state index in [4.69, 9.17) is 0 Å². The Hall–Kier alpha value is -0.530. The molecule has 0 spiro atoms. The van der Waals surface area contributed by atoms with Crippen molar-refractivity contribution in [1.29, 1.82) is 0 Å². The summed E-state index contributed by atoms with van der Waals surface area (Å²) < 4.78 is 2.36. The second kappa shape index (κ2) is 8.60. The van der Waals surface area contributed by atoms with Gasteiger partial charge in [-0.05, 0) is 29.0 Å². The molecule has 1 heterocycles. The van der Waals surface area contributed by atoms with Gasteiger partial charge in [-0.15, -0.1) is 0 Å². The fourth-order valence-corrected chi connectivity index (χ4v) is 2.87. The first-order chi connectivity index (χ1) is 9.06. The van der Waals surface area contributed by atoms with Crippen molar-refractivity contribution in [3.05, 3.63) is 10.7 Å². The highest BCUT2D eigenvalue weighted by molar-refractivity contribution is 9.10. The number of aromatic nitrogens is 2. The third-order valence-electron chi connectivity index (χ3n) is 2.80. The molecular weight excluding hydrogens is 328 g/mol. The fraction of sp³-hybridized carbons (Fsp3) is 0.667. The maximum Gasteiger partial charge on any atom is 0.235 e. The van der Waals surface area contributed by atoms with Crippen LogP contribution in [0.5, 0.6) is 0 Å². The zero-order chi connectivity index (χ0) is 14.3. The second-order valence-corrected chi connectivity index (χ2v) is 6.02. The molecule has 0 fully saturated rings. The average Bonchev–Trinajstić information content (AvgIpc) is 2.68. The van der Waals surface area contributed by atoms with Crippen LogP contribution < -0.4 is 5.32 Å². The summed E-state index contributed by atoms with van der Waals surface area (Å²) in [4.78, 5) is 14.1. The maximum absolute atomic E-state index is 11.8. The van der Waals surface area contributed by atoms with Crippen LogP contribution in [0.2, 0.25) is 0 Å². The Bertz CT molecular complexity index is 406. The number of amides is 1. The third kappa shape index (κ3) is 5.97. The molecule has 0 aliphatic carbocycles. The van der Waals surface area contributed by atoms with Gasteiger partial charge in [0.15, 0.2) is 0 Å². The Morgan fingerprint density at radius 2 is 2.21 bits per heavy atom. The molecule has 1 amide bonds. The SMILES string of the molecule is CCN(CC)CCSCC(=O)Nc1cc(Br)nn1C. The number of halogens is 1. The Balaban J connectivity index is 2.23. The zero-order valence-electron chi connectivity index (χ0n) is 11.6. The van der Waals surface area contributed by atoms with Crippen LogP contribution in [0.25, 0.3) is 0 Å². The first kappa shape index (κ1) is 16.5. The van der Waals surface area contributed by atoms with Crippen molar-refractivity contribution in [3.8, 4) is 0 Å². The molecule has 0 radical (unpaired) electrons. The maximum atomic E-state index is 11.8. The molecule has 108 valence electrons. The van der Waals surface area contributed by atoms with E-state index >= 15 is 0 Å². The number of rotatable bonds is 8. The van der Waals surface area contributed by atoms with Crippen molar-refractivity contribution in [2.45, 2.75) is 13.8 Å². The number of carbonyl (C=O) groups excluding carboxylic acids is 1. The Morgan fingerprint density at radius 3 is 2.74 bits per heavy atom. The van der Waals surface area contributed by atoms with Gasteiger partial charge in [-0.2, -0.15) is 16.9 Å². The third-order valence-corrected chi connectivity index (χ3v) is 4.12. The molecule has 1 rings (SSSR count). The van der Waals surface area contributed by atoms with E-state index in [1.165, 1.54) is 0 Å². The van der Waals surface area contributed by atoms with Gasteiger partial charge in [0, 0.05) is 25.4 Å². The van der Waals surface area contributed by atoms with Crippen LogP contribution in [0.15, 0.2) is 10.7 Å². The quantitative estimate of drug-likeness (QED) is 0.731. The van der Waals surface area contributed by atoms with Gasteiger partial charge in [0.1, 0.15) is 10.4 Å². The van der Waals surface area contributed by atoms with E-state index in [1.54, 1.807) is 29.6 Å². The van der Waals surface area contributed by atoms with Gasteiger partial charge in [0.05, 0.1) is 5.75 Å². The lowest BCUT2D eigenvalue weighted by Crippen LogP contribution is -2.26. The molecule has 19 heavy (non-hydrogen) atoms. The number of anilines is 1. The number of hydrogen-bond donors (Lipinski definition) is 1. The topological polar surface area (TPSA) is 50.2 Å². The molecule has 0 saturated carbocycles. The molecular formula is C12H21BrN4OS. The fourth-order valence-electron chi connectivity index (χ4n) is 1.63. The smallest absolute Gasteiger partial charge is 0.235 e. The average molecular weight is 349 g/mol. The van der Waals surface area contributed by atoms with Gasteiger partial charge in [-0.25, -0.2) is 0 Å². The van der Waals surface area contributed by atoms with E-state index in [9.17, 15) is 4.79 Å². The molecule has 0 aliphatic heterocycles. The number of nitrogens with zero attached hydrogens (tertiary/aromatic N) is 3. The molecule has 0 aromatic carbocycles. The predicted molar refractivity (Wildman–Crippen MR) is 84.7 cm³/mol. The summed E-state index contributed by atoms with van der Waals surface area (Å²) in [5.74, 6) is 2.18. The number of aryl methyl sites for hydroxylation is 1. The highest BCUT2D eigenvalue weighted by atomic mass is 79.9. The van der Waals surface area contributed by atoms with Crippen LogP contribution in [0.3, 0.4) is 0 Å². The second-order valence-electron chi connectivity index (χ2n) is 4.10. The van der Waals surface area contributed by atoms with E-state index in [0.717, 1.165) is 30.0 Å². The highest BCUT2D eigenvalue weighted by Crippen LogP contribution is 2.14. The minimum atomic E-state index is 0.0139. The summed E-state index contributed by atoms with van der Waals surface area (Å²) in [7, 11) is 1.80. The van der Waals surface area contributed by atoms with Crippen LogP contribution in [0.1, 0.15) is 13.8 Å². The first-order valence-corrected chi connectivity index (χ1v) is 8.31. The van der Waals surface area contributed by atoms with Crippen LogP contribution in [-0.2, 0) is 11.8 Å². The van der Waals surface area contributed by atoms with Crippen molar-refractivity contribution < 1.29 is 4.79 Å². The summed E-state index contributed by atoms with van der Waals surface area (Å²) in [5.41, 5.74) is 0. The molecule has 0 aliphatic rings. The van der Waals surface area contributed by atoms with E-state index in [1.807, 2.05) is 0 Å². The summed E-state index contributed by atoms with van der Waals surface area (Å²) >= 11 is 4.93. The summed E-state index contributed by atoms with van der Waals surface area (Å²) in [6, 6.07) is 1.79. The van der Waals surface area contributed by atoms with Gasteiger partial charge in [-0.1, -0.05) is 13.8 Å². The van der Waals surface area contributed by atoms with Crippen molar-refractivity contribution in [3.63, 3.8) is 0 Å². The zero-order valence-corrected chi connectivity index (χ0v) is 14.1. The molecule has 1 aromatic rings. The van der Waals surface area contributed by atoms with E-state index in [2.05, 4.69) is 45.1 Å². The lowest BCUT2D eigenvalue weighted by atomic mass is 10.5. The number of thioether (sulfide) groups is 1. The Morgan fingerprint density at radius 1 is 1.53 bits per heavy atom. The predicted octanol–water partition coefficient (Wildman–Crippen LogP) is 2.20. The van der Waals surface area contributed by atoms with Crippen molar-refractivity contribution in [2.75, 3.05) is 36.5 Å². The van der Waals surface area contributed by atoms with Crippen LogP contribution >= 0.6 is 27.7 Å². The monoisotopic (exact) mass is 348 g/mol. The summed E-state index contributed by atoms with van der Waals surface area (Å²) in [6.45, 7) is 7.46. The van der Waals surface area contributed by atoms with E-state index in [0.29, 0.717) is 11.6 Å². The minimum absolute atomic E-state index is 0.0139. The number of carbonyl (C=O) groups is 1. The van der Waals surface area contributed by atoms with Crippen LogP contribution in [0, 0.1) is 0 Å². The molecule has 0 atom stereocenters. The first-order valence-electron chi connectivity index (χ1n) is 6.36. The molecule has 1 N–H and O–H groups in total. The van der Waals surface area contributed by atoms with Gasteiger partial charge >= 0.3 is 0 Å². The summed E-state index contributed by atoms with van der Waals surface area (Å²) in [5, 5.41) is 6.96. The highest BCUT2D eigenvalue weighted by Gasteiger charge is 2.08. The molecule has 5 nitrogen and oxygen atoms in total. The number of hydrogen-bond acceptors (Lipinski definition) is 4. The van der Waals surface area contributed by atoms with Crippen LogP contribution in [0.4, 0.5) is 5.82 Å². The van der Waals surface area contributed by atoms with E-state index < -0.39 is 0 Å². The number of nitrogens with one attached hydrogen (secondary N) is 1. The molecule has 0 saturated heterocycles. The van der Waals surface area contributed by atoms with Gasteiger partial charge < -0.3 is 10.2 Å². The summed E-state index contributed by atoms with van der Waals surface area (Å²) in [6.07, 6.45) is 0. The largest absolute Gasteiger partial charge is 0.310 e. The Labute approximate surface area is 127 Å². The van der Waals surface area contributed by atoms with Crippen molar-refractivity contribution in [2.24, 2.45) is 7.05 Å². The minimum Gasteiger partial charge on any atom is -0.310 e. The van der Waals surface area contributed by atoms with Crippen molar-refractivity contribution >= 4 is 39.4 Å². The van der Waals surface area contributed by atoms with Gasteiger partial charge in [0.2, 0.25) is 5.91 Å². The normalized spacial score (nSPS) is 11.0. The standard InChI is InChI=1S/C12H21BrN4OS/c1-4-17(5-2)6-7-19-9-12(18)14-11-8-10(13)15-16(11)3/h8H,4-7,9H2,1-3H3,(H,14,18). The van der Waals surface area contributed by atoms with E-state index in [-0.39, 0.29) is 5.91 Å².